The molecule has 4 rings (SSSR count). The van der Waals surface area contributed by atoms with E-state index in [4.69, 9.17) is 20.8 Å². The van der Waals surface area contributed by atoms with Gasteiger partial charge in [0.1, 0.15) is 11.5 Å². The molecule has 0 aliphatic carbocycles. The first-order valence-electron chi connectivity index (χ1n) is 16.9. The van der Waals surface area contributed by atoms with Crippen molar-refractivity contribution in [3.8, 4) is 11.5 Å². The molecule has 4 aromatic rings. The lowest BCUT2D eigenvalue weighted by Gasteiger charge is -2.07. The highest BCUT2D eigenvalue weighted by Crippen LogP contribution is 2.19. The molecule has 0 radical (unpaired) electrons. The summed E-state index contributed by atoms with van der Waals surface area (Å²) in [4.78, 5) is 26.3. The van der Waals surface area contributed by atoms with Crippen LogP contribution in [0.2, 0.25) is 0 Å². The van der Waals surface area contributed by atoms with Crippen LogP contribution >= 0.6 is 0 Å². The molecule has 50 heavy (non-hydrogen) atoms. The monoisotopic (exact) mass is 670 g/mol. The van der Waals surface area contributed by atoms with Crippen molar-refractivity contribution in [2.24, 2.45) is 0 Å². The van der Waals surface area contributed by atoms with Gasteiger partial charge in [0.2, 0.25) is 0 Å². The lowest BCUT2D eigenvalue weighted by atomic mass is 10.1. The zero-order valence-electron chi connectivity index (χ0n) is 28.3. The summed E-state index contributed by atoms with van der Waals surface area (Å²) in [5.74, 6) is 0.962. The Morgan fingerprint density at radius 2 is 1.06 bits per heavy atom. The minimum atomic E-state index is -0.643. The highest BCUT2D eigenvalue weighted by Gasteiger charge is 2.11. The molecule has 0 amide bonds. The Labute approximate surface area is 294 Å². The van der Waals surface area contributed by atoms with Crippen molar-refractivity contribution >= 4 is 42.0 Å². The summed E-state index contributed by atoms with van der Waals surface area (Å²) in [6, 6.07) is 29.6. The van der Waals surface area contributed by atoms with Gasteiger partial charge >= 0.3 is 5.97 Å². The van der Waals surface area contributed by atoms with Crippen molar-refractivity contribution in [1.29, 1.82) is 0 Å². The lowest BCUT2D eigenvalue weighted by Crippen LogP contribution is -2.08. The number of unbranched alkanes of at least 4 members (excludes halogenated alkanes) is 4. The smallest absolute Gasteiger partial charge is 0.336 e. The standard InChI is InChI=1S/C42H42N2O6/c1-3-4-5-6-29-48-39-25-19-35(20-26-39)11-9-33-13-15-37(16-14-33)32-41(43-2)42(45)50-31-8-7-30-49-40-27-21-36(22-28-40)12-10-34-17-23-38(24-18-34)44(46)47/h9-28,32H,3-8,29-31H2,1H3. The number of benzene rings is 4. The summed E-state index contributed by atoms with van der Waals surface area (Å²) >= 11 is 0. The van der Waals surface area contributed by atoms with Gasteiger partial charge in [-0.25, -0.2) is 4.85 Å². The van der Waals surface area contributed by atoms with E-state index in [-0.39, 0.29) is 18.0 Å². The van der Waals surface area contributed by atoms with Gasteiger partial charge in [0.25, 0.3) is 11.4 Å². The van der Waals surface area contributed by atoms with Gasteiger partial charge in [-0.2, -0.15) is 0 Å². The van der Waals surface area contributed by atoms with E-state index in [1.54, 1.807) is 12.1 Å². The Hall–Kier alpha value is -5.94. The maximum absolute atomic E-state index is 12.5. The second kappa shape index (κ2) is 20.4. The summed E-state index contributed by atoms with van der Waals surface area (Å²) < 4.78 is 16.9. The molecule has 0 atom stereocenters. The molecule has 0 aliphatic heterocycles. The molecule has 0 unspecified atom stereocenters. The second-order valence-corrected chi connectivity index (χ2v) is 11.6. The SMILES string of the molecule is [C-]#[N+]C(=Cc1ccc(C=Cc2ccc(OCCCCCC)cc2)cc1)C(=O)OCCCCOc1ccc(C=Cc2ccc([N+](=O)[O-])cc2)cc1. The van der Waals surface area contributed by atoms with Crippen LogP contribution in [0.3, 0.4) is 0 Å². The molecule has 0 spiro atoms. The average molecular weight is 671 g/mol. The van der Waals surface area contributed by atoms with Crippen LogP contribution in [0, 0.1) is 16.7 Å². The number of non-ortho nitro benzene ring substituents is 1. The number of nitro groups is 1. The second-order valence-electron chi connectivity index (χ2n) is 11.6. The molecule has 0 aliphatic rings. The van der Waals surface area contributed by atoms with E-state index in [1.807, 2.05) is 97.1 Å². The highest BCUT2D eigenvalue weighted by atomic mass is 16.6. The maximum Gasteiger partial charge on any atom is 0.336 e. The number of carbonyl (C=O) groups excluding carboxylic acids is 1. The summed E-state index contributed by atoms with van der Waals surface area (Å²) in [6.07, 6.45) is 15.4. The van der Waals surface area contributed by atoms with Gasteiger partial charge in [-0.05, 0) is 89.6 Å². The fourth-order valence-corrected chi connectivity index (χ4v) is 4.79. The minimum absolute atomic E-state index is 0.0609. The van der Waals surface area contributed by atoms with Crippen LogP contribution in [0.1, 0.15) is 73.3 Å². The van der Waals surface area contributed by atoms with Gasteiger partial charge in [0.05, 0.1) is 31.3 Å². The highest BCUT2D eigenvalue weighted by molar-refractivity contribution is 5.95. The van der Waals surface area contributed by atoms with Gasteiger partial charge in [-0.15, -0.1) is 0 Å². The first-order chi connectivity index (χ1) is 24.4. The number of hydrogen-bond donors (Lipinski definition) is 0. The third-order valence-electron chi connectivity index (χ3n) is 7.68. The van der Waals surface area contributed by atoms with Crippen LogP contribution in [0.15, 0.2) is 103 Å². The molecule has 4 aromatic carbocycles. The van der Waals surface area contributed by atoms with Crippen molar-refractivity contribution in [2.75, 3.05) is 19.8 Å². The quantitative estimate of drug-likeness (QED) is 0.0187. The van der Waals surface area contributed by atoms with Crippen LogP contribution in [-0.2, 0) is 9.53 Å². The molecule has 0 saturated heterocycles. The lowest BCUT2D eigenvalue weighted by molar-refractivity contribution is -0.384. The van der Waals surface area contributed by atoms with E-state index in [0.717, 1.165) is 52.3 Å². The molecular formula is C42H42N2O6. The van der Waals surface area contributed by atoms with E-state index in [9.17, 15) is 14.9 Å². The number of nitrogens with zero attached hydrogens (tertiary/aromatic N) is 2. The Morgan fingerprint density at radius 3 is 1.52 bits per heavy atom. The van der Waals surface area contributed by atoms with Gasteiger partial charge in [0.15, 0.2) is 0 Å². The van der Waals surface area contributed by atoms with Crippen molar-refractivity contribution in [2.45, 2.75) is 45.4 Å². The molecule has 8 nitrogen and oxygen atoms in total. The number of rotatable bonds is 19. The van der Waals surface area contributed by atoms with Crippen LogP contribution in [0.25, 0.3) is 35.2 Å². The number of esters is 1. The van der Waals surface area contributed by atoms with Crippen molar-refractivity contribution in [3.63, 3.8) is 0 Å². The van der Waals surface area contributed by atoms with Crippen LogP contribution in [0.5, 0.6) is 11.5 Å². The Bertz CT molecular complexity index is 1780. The average Bonchev–Trinajstić information content (AvgIpc) is 3.15. The number of carbonyl (C=O) groups is 1. The molecular weight excluding hydrogens is 628 g/mol. The fraction of sp³-hybridized carbons (Fsp3) is 0.238. The summed E-state index contributed by atoms with van der Waals surface area (Å²) in [5, 5.41) is 10.8. The number of hydrogen-bond acceptors (Lipinski definition) is 6. The molecule has 0 fully saturated rings. The summed E-state index contributed by atoms with van der Waals surface area (Å²) in [6.45, 7) is 11.1. The Balaban J connectivity index is 1.14. The zero-order valence-corrected chi connectivity index (χ0v) is 28.3. The van der Waals surface area contributed by atoms with Crippen molar-refractivity contribution in [1.82, 2.24) is 0 Å². The van der Waals surface area contributed by atoms with Gasteiger partial charge in [0, 0.05) is 12.1 Å². The number of ether oxygens (including phenoxy) is 3. The fourth-order valence-electron chi connectivity index (χ4n) is 4.79. The zero-order chi connectivity index (χ0) is 35.4. The normalized spacial score (nSPS) is 11.4. The van der Waals surface area contributed by atoms with E-state index in [2.05, 4.69) is 11.8 Å². The van der Waals surface area contributed by atoms with E-state index >= 15 is 0 Å². The summed E-state index contributed by atoms with van der Waals surface area (Å²) in [5.41, 5.74) is 4.64. The molecule has 0 aromatic heterocycles. The molecule has 0 bridgehead atoms. The van der Waals surface area contributed by atoms with Gasteiger partial charge in [-0.3, -0.25) is 14.9 Å². The van der Waals surface area contributed by atoms with Crippen LogP contribution in [-0.4, -0.2) is 30.7 Å². The van der Waals surface area contributed by atoms with Crippen molar-refractivity contribution < 1.29 is 23.9 Å². The van der Waals surface area contributed by atoms with Crippen molar-refractivity contribution in [3.05, 3.63) is 152 Å². The molecule has 0 saturated carbocycles. The third-order valence-corrected chi connectivity index (χ3v) is 7.68. The Morgan fingerprint density at radius 1 is 0.640 bits per heavy atom. The summed E-state index contributed by atoms with van der Waals surface area (Å²) in [7, 11) is 0. The molecule has 256 valence electrons. The number of nitro benzene ring substituents is 1. The van der Waals surface area contributed by atoms with Crippen LogP contribution in [0.4, 0.5) is 5.69 Å². The Kier molecular flexibility index (Phi) is 15.1. The first kappa shape index (κ1) is 36.9. The molecule has 0 N–H and O–H groups in total. The third kappa shape index (κ3) is 12.9. The largest absolute Gasteiger partial charge is 0.494 e. The van der Waals surface area contributed by atoms with Gasteiger partial charge < -0.3 is 14.2 Å². The molecule has 8 heteroatoms. The predicted molar refractivity (Wildman–Crippen MR) is 200 cm³/mol. The van der Waals surface area contributed by atoms with Crippen LogP contribution < -0.4 is 9.47 Å². The topological polar surface area (TPSA) is 92.3 Å². The van der Waals surface area contributed by atoms with Gasteiger partial charge in [-0.1, -0.05) is 99.0 Å². The maximum atomic E-state index is 12.5. The molecule has 0 heterocycles. The predicted octanol–water partition coefficient (Wildman–Crippen LogP) is 10.6. The minimum Gasteiger partial charge on any atom is -0.494 e. The van der Waals surface area contributed by atoms with E-state index < -0.39 is 10.9 Å². The van der Waals surface area contributed by atoms with E-state index in [0.29, 0.717) is 19.4 Å². The van der Waals surface area contributed by atoms with E-state index in [1.165, 1.54) is 37.5 Å². The first-order valence-corrected chi connectivity index (χ1v) is 16.9.